The van der Waals surface area contributed by atoms with Crippen LogP contribution >= 0.6 is 0 Å². The molecule has 0 aliphatic carbocycles. The molecule has 0 unspecified atom stereocenters. The summed E-state index contributed by atoms with van der Waals surface area (Å²) in [6.45, 7) is 1.72. The highest BCUT2D eigenvalue weighted by Gasteiger charge is 2.21. The predicted octanol–water partition coefficient (Wildman–Crippen LogP) is 2.45. The number of aryl methyl sites for hydroxylation is 1. The van der Waals surface area contributed by atoms with Gasteiger partial charge in [-0.15, -0.1) is 0 Å². The summed E-state index contributed by atoms with van der Waals surface area (Å²) in [5, 5.41) is 3.85. The monoisotopic (exact) mass is 302 g/mol. The Hall–Kier alpha value is -2.76. The molecule has 6 nitrogen and oxygen atoms in total. The average Bonchev–Trinajstić information content (AvgIpc) is 2.79. The number of nitrogens with one attached hydrogen (secondary N) is 1. The molecule has 1 heterocycles. The molecule has 22 heavy (non-hydrogen) atoms. The number of fused-ring (bicyclic) bond motifs is 1. The van der Waals surface area contributed by atoms with Crippen LogP contribution in [0.3, 0.4) is 0 Å². The molecule has 0 atom stereocenters. The average molecular weight is 302 g/mol. The van der Waals surface area contributed by atoms with Crippen LogP contribution in [-0.2, 0) is 21.3 Å². The molecule has 0 radical (unpaired) electrons. The van der Waals surface area contributed by atoms with E-state index in [0.29, 0.717) is 17.1 Å². The van der Waals surface area contributed by atoms with Crippen LogP contribution in [0.4, 0.5) is 5.82 Å². The van der Waals surface area contributed by atoms with E-state index in [-0.39, 0.29) is 0 Å². The van der Waals surface area contributed by atoms with Crippen molar-refractivity contribution < 1.29 is 19.1 Å². The molecule has 2 rings (SSSR count). The summed E-state index contributed by atoms with van der Waals surface area (Å²) in [5.74, 6) is -0.348. The largest absolute Gasteiger partial charge is 0.466 e. The van der Waals surface area contributed by atoms with Gasteiger partial charge in [0.05, 0.1) is 19.7 Å². The van der Waals surface area contributed by atoms with Crippen molar-refractivity contribution in [1.29, 1.82) is 0 Å². The van der Waals surface area contributed by atoms with E-state index in [9.17, 15) is 9.59 Å². The predicted molar refractivity (Wildman–Crippen MR) is 83.7 cm³/mol. The van der Waals surface area contributed by atoms with E-state index in [4.69, 9.17) is 4.74 Å². The van der Waals surface area contributed by atoms with Crippen LogP contribution in [0.5, 0.6) is 0 Å². The standard InChI is InChI=1S/C16H18N2O4/c1-10(9-13(19)21-3)17-15-14(16(20)22-4)11-7-5-6-8-12(11)18(15)2/h5-9,17H,1-4H3/b10-9+. The molecule has 0 saturated heterocycles. The molecule has 1 N–H and O–H groups in total. The summed E-state index contributed by atoms with van der Waals surface area (Å²) in [6.07, 6.45) is 1.32. The van der Waals surface area contributed by atoms with Gasteiger partial charge in [-0.05, 0) is 13.0 Å². The lowest BCUT2D eigenvalue weighted by molar-refractivity contribution is -0.134. The SMILES string of the molecule is COC(=O)/C=C(\C)Nc1c(C(=O)OC)c2ccccc2n1C. The van der Waals surface area contributed by atoms with Crippen molar-refractivity contribution in [1.82, 2.24) is 4.57 Å². The Bertz CT molecular complexity index is 759. The quantitative estimate of drug-likeness (QED) is 0.694. The van der Waals surface area contributed by atoms with Crippen molar-refractivity contribution in [2.45, 2.75) is 6.92 Å². The molecule has 0 amide bonds. The Balaban J connectivity index is 2.57. The maximum Gasteiger partial charge on any atom is 0.342 e. The molecule has 0 saturated carbocycles. The van der Waals surface area contributed by atoms with Crippen LogP contribution in [-0.4, -0.2) is 30.7 Å². The minimum atomic E-state index is -0.469. The first-order chi connectivity index (χ1) is 10.5. The third-order valence-electron chi connectivity index (χ3n) is 3.35. The van der Waals surface area contributed by atoms with Crippen LogP contribution in [0.2, 0.25) is 0 Å². The van der Waals surface area contributed by atoms with Crippen molar-refractivity contribution >= 4 is 28.7 Å². The summed E-state index contributed by atoms with van der Waals surface area (Å²) in [7, 11) is 4.48. The Kier molecular flexibility index (Phi) is 4.50. The van der Waals surface area contributed by atoms with Crippen LogP contribution < -0.4 is 5.32 Å². The molecule has 6 heteroatoms. The molecule has 0 aliphatic heterocycles. The summed E-state index contributed by atoms with van der Waals surface area (Å²) < 4.78 is 11.3. The molecule has 2 aromatic rings. The van der Waals surface area contributed by atoms with Crippen molar-refractivity contribution in [3.63, 3.8) is 0 Å². The van der Waals surface area contributed by atoms with Gasteiger partial charge < -0.3 is 19.4 Å². The third kappa shape index (κ3) is 2.81. The van der Waals surface area contributed by atoms with Crippen molar-refractivity contribution in [2.24, 2.45) is 7.05 Å². The minimum Gasteiger partial charge on any atom is -0.466 e. The van der Waals surface area contributed by atoms with Gasteiger partial charge in [0.1, 0.15) is 11.4 Å². The number of benzene rings is 1. The topological polar surface area (TPSA) is 69.6 Å². The van der Waals surface area contributed by atoms with Gasteiger partial charge in [0.2, 0.25) is 0 Å². The van der Waals surface area contributed by atoms with Crippen LogP contribution in [0.1, 0.15) is 17.3 Å². The van der Waals surface area contributed by atoms with Gasteiger partial charge in [0, 0.05) is 24.2 Å². The lowest BCUT2D eigenvalue weighted by Crippen LogP contribution is -2.10. The normalized spacial score (nSPS) is 11.4. The summed E-state index contributed by atoms with van der Waals surface area (Å²) >= 11 is 0. The fourth-order valence-electron chi connectivity index (χ4n) is 2.31. The molecule has 1 aromatic heterocycles. The number of hydrogen-bond donors (Lipinski definition) is 1. The van der Waals surface area contributed by atoms with Crippen molar-refractivity contribution in [2.75, 3.05) is 19.5 Å². The number of methoxy groups -OCH3 is 2. The zero-order valence-electron chi connectivity index (χ0n) is 13.0. The number of rotatable bonds is 4. The van der Waals surface area contributed by atoms with Crippen molar-refractivity contribution in [3.8, 4) is 0 Å². The molecule has 0 fully saturated rings. The number of esters is 2. The lowest BCUT2D eigenvalue weighted by Gasteiger charge is -2.10. The number of ether oxygens (including phenoxy) is 2. The maximum absolute atomic E-state index is 12.1. The molecule has 0 bridgehead atoms. The summed E-state index contributed by atoms with van der Waals surface area (Å²) in [5.41, 5.74) is 1.87. The number of hydrogen-bond acceptors (Lipinski definition) is 5. The summed E-state index contributed by atoms with van der Waals surface area (Å²) in [4.78, 5) is 23.4. The van der Waals surface area contributed by atoms with E-state index in [1.54, 1.807) is 6.92 Å². The third-order valence-corrected chi connectivity index (χ3v) is 3.35. The number of nitrogens with zero attached hydrogens (tertiary/aromatic N) is 1. The first-order valence-corrected chi connectivity index (χ1v) is 6.68. The van der Waals surface area contributed by atoms with Gasteiger partial charge >= 0.3 is 11.9 Å². The molecule has 0 spiro atoms. The van der Waals surface area contributed by atoms with Gasteiger partial charge in [-0.2, -0.15) is 0 Å². The van der Waals surface area contributed by atoms with Gasteiger partial charge in [0.25, 0.3) is 0 Å². The number of allylic oxidation sites excluding steroid dienone is 1. The second kappa shape index (κ2) is 6.34. The van der Waals surface area contributed by atoms with Crippen LogP contribution in [0, 0.1) is 0 Å². The van der Waals surface area contributed by atoms with Gasteiger partial charge in [-0.1, -0.05) is 18.2 Å². The Labute approximate surface area is 128 Å². The highest BCUT2D eigenvalue weighted by Crippen LogP contribution is 2.30. The highest BCUT2D eigenvalue weighted by molar-refractivity contribution is 6.10. The zero-order valence-corrected chi connectivity index (χ0v) is 13.0. The molecule has 0 aliphatic rings. The maximum atomic E-state index is 12.1. The lowest BCUT2D eigenvalue weighted by atomic mass is 10.1. The van der Waals surface area contributed by atoms with E-state index in [2.05, 4.69) is 10.1 Å². The number of carbonyl (C=O) groups is 2. The van der Waals surface area contributed by atoms with E-state index >= 15 is 0 Å². The Morgan fingerprint density at radius 1 is 1.18 bits per heavy atom. The van der Waals surface area contributed by atoms with E-state index in [1.807, 2.05) is 35.9 Å². The number of aromatic nitrogens is 1. The highest BCUT2D eigenvalue weighted by atomic mass is 16.5. The second-order valence-electron chi connectivity index (χ2n) is 4.77. The summed E-state index contributed by atoms with van der Waals surface area (Å²) in [6, 6.07) is 7.51. The minimum absolute atomic E-state index is 0.429. The fraction of sp³-hybridized carbons (Fsp3) is 0.250. The van der Waals surface area contributed by atoms with Gasteiger partial charge in [0.15, 0.2) is 0 Å². The van der Waals surface area contributed by atoms with E-state index in [1.165, 1.54) is 20.3 Å². The van der Waals surface area contributed by atoms with Crippen LogP contribution in [0.25, 0.3) is 10.9 Å². The van der Waals surface area contributed by atoms with Gasteiger partial charge in [-0.25, -0.2) is 9.59 Å². The first-order valence-electron chi connectivity index (χ1n) is 6.68. The smallest absolute Gasteiger partial charge is 0.342 e. The Morgan fingerprint density at radius 3 is 2.50 bits per heavy atom. The molecule has 116 valence electrons. The van der Waals surface area contributed by atoms with Crippen LogP contribution in [0.15, 0.2) is 36.0 Å². The first kappa shape index (κ1) is 15.6. The molecule has 1 aromatic carbocycles. The zero-order chi connectivity index (χ0) is 16.3. The van der Waals surface area contributed by atoms with E-state index in [0.717, 1.165) is 10.9 Å². The molecular weight excluding hydrogens is 284 g/mol. The fourth-order valence-corrected chi connectivity index (χ4v) is 2.31. The molecular formula is C16H18N2O4. The van der Waals surface area contributed by atoms with Gasteiger partial charge in [-0.3, -0.25) is 0 Å². The number of para-hydroxylation sites is 1. The second-order valence-corrected chi connectivity index (χ2v) is 4.77. The van der Waals surface area contributed by atoms with Crippen molar-refractivity contribution in [3.05, 3.63) is 41.6 Å². The Morgan fingerprint density at radius 2 is 1.86 bits per heavy atom. The number of carbonyl (C=O) groups excluding carboxylic acids is 2. The van der Waals surface area contributed by atoms with E-state index < -0.39 is 11.9 Å². The number of anilines is 1.